The van der Waals surface area contributed by atoms with Gasteiger partial charge in [-0.05, 0) is 19.3 Å². The van der Waals surface area contributed by atoms with Crippen LogP contribution in [0.4, 0.5) is 0 Å². The highest BCUT2D eigenvalue weighted by Crippen LogP contribution is 2.16. The summed E-state index contributed by atoms with van der Waals surface area (Å²) < 4.78 is 4.53. The largest absolute Gasteiger partial charge is 0.469 e. The average Bonchev–Trinajstić information content (AvgIpc) is 2.35. The highest BCUT2D eigenvalue weighted by atomic mass is 16.5. The monoisotopic (exact) mass is 234 g/mol. The van der Waals surface area contributed by atoms with Crippen molar-refractivity contribution in [3.05, 3.63) is 11.6 Å². The Kier molecular flexibility index (Phi) is 6.09. The predicted octanol–water partition coefficient (Wildman–Crippen LogP) is 2.40. The Balaban J connectivity index is 2.20. The molecule has 0 radical (unpaired) electrons. The van der Waals surface area contributed by atoms with E-state index in [1.807, 2.05) is 6.08 Å². The molecule has 0 spiro atoms. The van der Waals surface area contributed by atoms with Gasteiger partial charge in [-0.3, -0.25) is 9.59 Å². The van der Waals surface area contributed by atoms with Crippen LogP contribution in [0.15, 0.2) is 11.6 Å². The second-order valence-corrected chi connectivity index (χ2v) is 4.00. The van der Waals surface area contributed by atoms with Crippen LogP contribution in [0.3, 0.4) is 0 Å². The molecule has 0 heterocycles. The Bertz CT molecular complexity index is 369. The van der Waals surface area contributed by atoms with Crippen LogP contribution in [0.2, 0.25) is 0 Å². The third-order valence-corrected chi connectivity index (χ3v) is 2.67. The van der Waals surface area contributed by atoms with Gasteiger partial charge in [0.05, 0.1) is 7.11 Å². The minimum absolute atomic E-state index is 0.197. The van der Waals surface area contributed by atoms with Gasteiger partial charge in [-0.25, -0.2) is 0 Å². The number of hydrogen-bond acceptors (Lipinski definition) is 3. The van der Waals surface area contributed by atoms with Gasteiger partial charge in [-0.15, -0.1) is 5.92 Å². The van der Waals surface area contributed by atoms with Crippen molar-refractivity contribution < 1.29 is 14.3 Å². The number of Topliss-reactive ketones (excluding diaryl/α,β-unsaturated/α-hetero) is 1. The van der Waals surface area contributed by atoms with E-state index in [0.717, 1.165) is 18.4 Å². The maximum absolute atomic E-state index is 11.4. The van der Waals surface area contributed by atoms with Crippen LogP contribution in [0.1, 0.15) is 44.9 Å². The second kappa shape index (κ2) is 7.67. The first-order chi connectivity index (χ1) is 8.24. The SMILES string of the molecule is COC(=O)CCCC#CCC1=CCCCC1=O. The van der Waals surface area contributed by atoms with E-state index >= 15 is 0 Å². The second-order valence-electron chi connectivity index (χ2n) is 4.00. The first kappa shape index (κ1) is 13.5. The normalized spacial score (nSPS) is 14.6. The molecular formula is C14H18O3. The van der Waals surface area contributed by atoms with Crippen LogP contribution >= 0.6 is 0 Å². The number of ether oxygens (including phenoxy) is 1. The zero-order valence-corrected chi connectivity index (χ0v) is 10.3. The maximum Gasteiger partial charge on any atom is 0.305 e. The van der Waals surface area contributed by atoms with Gasteiger partial charge in [0.2, 0.25) is 0 Å². The van der Waals surface area contributed by atoms with Gasteiger partial charge in [0.15, 0.2) is 5.78 Å². The molecule has 17 heavy (non-hydrogen) atoms. The molecule has 92 valence electrons. The van der Waals surface area contributed by atoms with Crippen molar-refractivity contribution in [2.45, 2.75) is 44.9 Å². The van der Waals surface area contributed by atoms with Gasteiger partial charge < -0.3 is 4.74 Å². The summed E-state index contributed by atoms with van der Waals surface area (Å²) in [5, 5.41) is 0. The summed E-state index contributed by atoms with van der Waals surface area (Å²) in [6.07, 6.45) is 6.97. The van der Waals surface area contributed by atoms with E-state index in [9.17, 15) is 9.59 Å². The zero-order valence-electron chi connectivity index (χ0n) is 10.3. The Morgan fingerprint density at radius 3 is 3.00 bits per heavy atom. The Labute approximate surface area is 102 Å². The summed E-state index contributed by atoms with van der Waals surface area (Å²) in [4.78, 5) is 22.3. The summed E-state index contributed by atoms with van der Waals surface area (Å²) in [7, 11) is 1.38. The fraction of sp³-hybridized carbons (Fsp3) is 0.571. The van der Waals surface area contributed by atoms with Crippen molar-refractivity contribution in [1.29, 1.82) is 0 Å². The molecule has 0 aromatic heterocycles. The lowest BCUT2D eigenvalue weighted by molar-refractivity contribution is -0.140. The Hall–Kier alpha value is -1.56. The fourth-order valence-electron chi connectivity index (χ4n) is 1.65. The molecule has 1 rings (SSSR count). The topological polar surface area (TPSA) is 43.4 Å². The van der Waals surface area contributed by atoms with Gasteiger partial charge in [0.1, 0.15) is 0 Å². The van der Waals surface area contributed by atoms with Crippen molar-refractivity contribution in [3.8, 4) is 11.8 Å². The number of allylic oxidation sites excluding steroid dienone is 2. The molecule has 0 saturated heterocycles. The van der Waals surface area contributed by atoms with Crippen LogP contribution in [0.25, 0.3) is 0 Å². The van der Waals surface area contributed by atoms with Gasteiger partial charge in [0, 0.05) is 31.3 Å². The van der Waals surface area contributed by atoms with Gasteiger partial charge in [-0.2, -0.15) is 0 Å². The summed E-state index contributed by atoms with van der Waals surface area (Å²) in [6, 6.07) is 0. The van der Waals surface area contributed by atoms with E-state index in [4.69, 9.17) is 0 Å². The third-order valence-electron chi connectivity index (χ3n) is 2.67. The minimum atomic E-state index is -0.197. The van der Waals surface area contributed by atoms with E-state index in [1.54, 1.807) is 0 Å². The molecule has 0 amide bonds. The number of rotatable bonds is 4. The molecule has 0 aromatic carbocycles. The van der Waals surface area contributed by atoms with E-state index in [1.165, 1.54) is 7.11 Å². The lowest BCUT2D eigenvalue weighted by Crippen LogP contribution is -2.06. The number of unbranched alkanes of at least 4 members (excludes halogenated alkanes) is 1. The van der Waals surface area contributed by atoms with Crippen LogP contribution in [-0.4, -0.2) is 18.9 Å². The van der Waals surface area contributed by atoms with Gasteiger partial charge >= 0.3 is 5.97 Å². The van der Waals surface area contributed by atoms with E-state index in [0.29, 0.717) is 32.1 Å². The van der Waals surface area contributed by atoms with Crippen molar-refractivity contribution >= 4 is 11.8 Å². The standard InChI is InChI=1S/C14H18O3/c1-17-14(16)11-5-3-2-4-8-12-9-6-7-10-13(12)15/h9H,3,5-8,10-11H2,1H3. The molecule has 1 aliphatic rings. The molecule has 0 fully saturated rings. The Morgan fingerprint density at radius 1 is 1.47 bits per heavy atom. The Morgan fingerprint density at radius 2 is 2.29 bits per heavy atom. The average molecular weight is 234 g/mol. The van der Waals surface area contributed by atoms with Crippen molar-refractivity contribution in [1.82, 2.24) is 0 Å². The first-order valence-electron chi connectivity index (χ1n) is 5.99. The van der Waals surface area contributed by atoms with E-state index in [-0.39, 0.29) is 11.8 Å². The zero-order chi connectivity index (χ0) is 12.5. The summed E-state index contributed by atoms with van der Waals surface area (Å²) in [5.41, 5.74) is 0.858. The maximum atomic E-state index is 11.4. The molecule has 0 unspecified atom stereocenters. The number of esters is 1. The van der Waals surface area contributed by atoms with Crippen LogP contribution in [0.5, 0.6) is 0 Å². The summed E-state index contributed by atoms with van der Waals surface area (Å²) in [5.74, 6) is 6.01. The van der Waals surface area contributed by atoms with Crippen molar-refractivity contribution in [2.75, 3.05) is 7.11 Å². The van der Waals surface area contributed by atoms with Gasteiger partial charge in [-0.1, -0.05) is 12.0 Å². The van der Waals surface area contributed by atoms with Crippen LogP contribution in [-0.2, 0) is 14.3 Å². The van der Waals surface area contributed by atoms with Crippen LogP contribution in [0, 0.1) is 11.8 Å². The minimum Gasteiger partial charge on any atom is -0.469 e. The molecule has 0 N–H and O–H groups in total. The summed E-state index contributed by atoms with van der Waals surface area (Å²) in [6.45, 7) is 0. The molecule has 0 bridgehead atoms. The van der Waals surface area contributed by atoms with Crippen LogP contribution < -0.4 is 0 Å². The van der Waals surface area contributed by atoms with Crippen molar-refractivity contribution in [3.63, 3.8) is 0 Å². The molecule has 0 aliphatic heterocycles. The summed E-state index contributed by atoms with van der Waals surface area (Å²) >= 11 is 0. The molecule has 1 aliphatic carbocycles. The lowest BCUT2D eigenvalue weighted by atomic mass is 9.96. The van der Waals surface area contributed by atoms with E-state index in [2.05, 4.69) is 16.6 Å². The van der Waals surface area contributed by atoms with Crippen molar-refractivity contribution in [2.24, 2.45) is 0 Å². The smallest absolute Gasteiger partial charge is 0.305 e. The third kappa shape index (κ3) is 5.35. The lowest BCUT2D eigenvalue weighted by Gasteiger charge is -2.07. The number of ketones is 1. The molecule has 0 aromatic rings. The number of hydrogen-bond donors (Lipinski definition) is 0. The molecular weight excluding hydrogens is 216 g/mol. The molecule has 3 heteroatoms. The molecule has 0 saturated carbocycles. The van der Waals surface area contributed by atoms with Gasteiger partial charge in [0.25, 0.3) is 0 Å². The highest BCUT2D eigenvalue weighted by molar-refractivity contribution is 5.96. The number of carbonyl (C=O) groups is 2. The molecule has 0 atom stereocenters. The predicted molar refractivity (Wildman–Crippen MR) is 65.2 cm³/mol. The quantitative estimate of drug-likeness (QED) is 0.426. The fourth-order valence-corrected chi connectivity index (χ4v) is 1.65. The first-order valence-corrected chi connectivity index (χ1v) is 5.99. The number of carbonyl (C=O) groups excluding carboxylic acids is 2. The molecule has 3 nitrogen and oxygen atoms in total. The van der Waals surface area contributed by atoms with E-state index < -0.39 is 0 Å². The number of methoxy groups -OCH3 is 1. The highest BCUT2D eigenvalue weighted by Gasteiger charge is 2.11.